The average Bonchev–Trinajstić information content (AvgIpc) is 3.42. The van der Waals surface area contributed by atoms with Gasteiger partial charge in [0.15, 0.2) is 6.61 Å². The van der Waals surface area contributed by atoms with E-state index in [4.69, 9.17) is 9.47 Å². The lowest BCUT2D eigenvalue weighted by atomic mass is 9.81. The number of ether oxygens (including phenoxy) is 2. The summed E-state index contributed by atoms with van der Waals surface area (Å²) in [6.45, 7) is 3.04. The monoisotopic (exact) mass is 428 g/mol. The normalized spacial score (nSPS) is 27.4. The summed E-state index contributed by atoms with van der Waals surface area (Å²) in [4.78, 5) is 52.3. The van der Waals surface area contributed by atoms with Crippen LogP contribution >= 0.6 is 0 Å². The van der Waals surface area contributed by atoms with Gasteiger partial charge in [-0.1, -0.05) is 13.8 Å². The van der Waals surface area contributed by atoms with Gasteiger partial charge in [0.1, 0.15) is 11.8 Å². The minimum absolute atomic E-state index is 0.246. The van der Waals surface area contributed by atoms with Gasteiger partial charge in [-0.05, 0) is 61.3 Å². The fourth-order valence-electron chi connectivity index (χ4n) is 5.48. The second kappa shape index (κ2) is 8.32. The molecule has 0 radical (unpaired) electrons. The van der Waals surface area contributed by atoms with E-state index in [0.717, 1.165) is 24.2 Å². The van der Waals surface area contributed by atoms with Gasteiger partial charge in [0, 0.05) is 5.69 Å². The number of nitrogens with one attached hydrogen (secondary N) is 1. The average molecular weight is 428 g/mol. The van der Waals surface area contributed by atoms with Crippen molar-refractivity contribution in [3.8, 4) is 5.75 Å². The van der Waals surface area contributed by atoms with Crippen LogP contribution in [-0.4, -0.2) is 48.3 Å². The number of rotatable bonds is 7. The topological polar surface area (TPSA) is 102 Å². The Bertz CT molecular complexity index is 868. The third kappa shape index (κ3) is 3.79. The van der Waals surface area contributed by atoms with E-state index in [0.29, 0.717) is 11.4 Å². The van der Waals surface area contributed by atoms with E-state index in [9.17, 15) is 19.2 Å². The van der Waals surface area contributed by atoms with Crippen molar-refractivity contribution in [3.05, 3.63) is 24.3 Å². The Morgan fingerprint density at radius 2 is 1.65 bits per heavy atom. The SMILES string of the molecule is COc1ccc(NC(=O)COC(=O)[C@H](C(C)C)N2C(=O)[C@@H]3[C@H]4CC[C@@H](C4)[C@H]3C2=O)cc1. The number of hydrogen-bond donors (Lipinski definition) is 1. The van der Waals surface area contributed by atoms with Gasteiger partial charge in [0.05, 0.1) is 18.9 Å². The van der Waals surface area contributed by atoms with Gasteiger partial charge < -0.3 is 14.8 Å². The highest BCUT2D eigenvalue weighted by molar-refractivity contribution is 6.08. The Morgan fingerprint density at radius 3 is 2.16 bits per heavy atom. The number of likely N-dealkylation sites (tertiary alicyclic amines) is 1. The maximum Gasteiger partial charge on any atom is 0.330 e. The van der Waals surface area contributed by atoms with Crippen LogP contribution in [0.4, 0.5) is 5.69 Å². The van der Waals surface area contributed by atoms with Crippen LogP contribution in [-0.2, 0) is 23.9 Å². The van der Waals surface area contributed by atoms with Crippen LogP contribution in [0.5, 0.6) is 5.75 Å². The van der Waals surface area contributed by atoms with Gasteiger partial charge in [0.25, 0.3) is 5.91 Å². The first-order valence-electron chi connectivity index (χ1n) is 10.8. The number of methoxy groups -OCH3 is 1. The minimum atomic E-state index is -1.02. The molecule has 3 amide bonds. The molecule has 2 saturated carbocycles. The molecule has 0 aromatic heterocycles. The molecule has 3 fully saturated rings. The van der Waals surface area contributed by atoms with Crippen LogP contribution in [0, 0.1) is 29.6 Å². The van der Waals surface area contributed by atoms with E-state index in [1.54, 1.807) is 45.2 Å². The molecule has 1 heterocycles. The molecule has 2 bridgehead atoms. The van der Waals surface area contributed by atoms with E-state index >= 15 is 0 Å². The van der Waals surface area contributed by atoms with E-state index in [2.05, 4.69) is 5.32 Å². The lowest BCUT2D eigenvalue weighted by molar-refractivity contribution is -0.162. The maximum atomic E-state index is 13.1. The quantitative estimate of drug-likeness (QED) is 0.528. The Morgan fingerprint density at radius 1 is 1.06 bits per heavy atom. The van der Waals surface area contributed by atoms with Crippen LogP contribution in [0.25, 0.3) is 0 Å². The lowest BCUT2D eigenvalue weighted by Gasteiger charge is -2.28. The highest BCUT2D eigenvalue weighted by atomic mass is 16.5. The van der Waals surface area contributed by atoms with Crippen molar-refractivity contribution in [2.24, 2.45) is 29.6 Å². The number of imide groups is 1. The molecule has 8 nitrogen and oxygen atoms in total. The molecule has 31 heavy (non-hydrogen) atoms. The molecule has 1 aromatic carbocycles. The predicted octanol–water partition coefficient (Wildman–Crippen LogP) is 2.23. The molecule has 1 saturated heterocycles. The molecule has 4 rings (SSSR count). The Balaban J connectivity index is 1.39. The highest BCUT2D eigenvalue weighted by Crippen LogP contribution is 2.56. The van der Waals surface area contributed by atoms with Gasteiger partial charge >= 0.3 is 5.97 Å². The molecule has 1 aliphatic heterocycles. The molecule has 1 N–H and O–H groups in total. The summed E-state index contributed by atoms with van der Waals surface area (Å²) in [5.74, 6) is -1.49. The summed E-state index contributed by atoms with van der Waals surface area (Å²) in [6.07, 6.45) is 2.88. The van der Waals surface area contributed by atoms with Crippen LogP contribution in [0.15, 0.2) is 24.3 Å². The zero-order valence-corrected chi connectivity index (χ0v) is 18.0. The number of carbonyl (C=O) groups excluding carboxylic acids is 4. The largest absolute Gasteiger partial charge is 0.497 e. The summed E-state index contributed by atoms with van der Waals surface area (Å²) in [6, 6.07) is 5.73. The Hall–Kier alpha value is -2.90. The Kier molecular flexibility index (Phi) is 5.73. The van der Waals surface area contributed by atoms with Crippen molar-refractivity contribution in [3.63, 3.8) is 0 Å². The van der Waals surface area contributed by atoms with Crippen molar-refractivity contribution in [1.29, 1.82) is 0 Å². The Labute approximate surface area is 181 Å². The number of anilines is 1. The summed E-state index contributed by atoms with van der Waals surface area (Å²) in [5, 5.41) is 2.64. The molecule has 3 aliphatic rings. The van der Waals surface area contributed by atoms with Crippen LogP contribution in [0.3, 0.4) is 0 Å². The fraction of sp³-hybridized carbons (Fsp3) is 0.565. The van der Waals surface area contributed by atoms with Crippen LogP contribution in [0.2, 0.25) is 0 Å². The zero-order valence-electron chi connectivity index (χ0n) is 18.0. The minimum Gasteiger partial charge on any atom is -0.497 e. The van der Waals surface area contributed by atoms with E-state index in [1.165, 1.54) is 0 Å². The number of amides is 3. The van der Waals surface area contributed by atoms with Crippen LogP contribution < -0.4 is 10.1 Å². The van der Waals surface area contributed by atoms with Crippen LogP contribution in [0.1, 0.15) is 33.1 Å². The summed E-state index contributed by atoms with van der Waals surface area (Å²) in [5.41, 5.74) is 0.537. The van der Waals surface area contributed by atoms with Gasteiger partial charge in [-0.2, -0.15) is 0 Å². The maximum absolute atomic E-state index is 13.1. The van der Waals surface area contributed by atoms with E-state index < -0.39 is 24.5 Å². The van der Waals surface area contributed by atoms with Crippen molar-refractivity contribution in [2.75, 3.05) is 19.0 Å². The summed E-state index contributed by atoms with van der Waals surface area (Å²) < 4.78 is 10.3. The predicted molar refractivity (Wildman–Crippen MR) is 111 cm³/mol. The summed E-state index contributed by atoms with van der Waals surface area (Å²) in [7, 11) is 1.55. The molecule has 2 aliphatic carbocycles. The second-order valence-electron chi connectivity index (χ2n) is 9.00. The highest BCUT2D eigenvalue weighted by Gasteiger charge is 2.62. The number of fused-ring (bicyclic) bond motifs is 5. The van der Waals surface area contributed by atoms with Crippen molar-refractivity contribution >= 4 is 29.4 Å². The fourth-order valence-corrected chi connectivity index (χ4v) is 5.48. The second-order valence-corrected chi connectivity index (χ2v) is 9.00. The van der Waals surface area contributed by atoms with E-state index in [1.807, 2.05) is 0 Å². The molecular formula is C23H28N2O6. The lowest BCUT2D eigenvalue weighted by Crippen LogP contribution is -2.50. The van der Waals surface area contributed by atoms with Gasteiger partial charge in [-0.15, -0.1) is 0 Å². The first-order chi connectivity index (χ1) is 14.8. The number of carbonyl (C=O) groups is 4. The third-order valence-corrected chi connectivity index (χ3v) is 6.83. The molecule has 8 heteroatoms. The third-order valence-electron chi connectivity index (χ3n) is 6.83. The number of nitrogens with zero attached hydrogens (tertiary/aromatic N) is 1. The van der Waals surface area contributed by atoms with E-state index in [-0.39, 0.29) is 41.4 Å². The molecule has 1 aromatic rings. The number of esters is 1. The number of hydrogen-bond acceptors (Lipinski definition) is 6. The molecule has 5 atom stereocenters. The first kappa shape index (κ1) is 21.3. The molecule has 0 unspecified atom stereocenters. The molecule has 0 spiro atoms. The van der Waals surface area contributed by atoms with Gasteiger partial charge in [-0.3, -0.25) is 19.3 Å². The first-order valence-corrected chi connectivity index (χ1v) is 10.8. The molecular weight excluding hydrogens is 400 g/mol. The van der Waals surface area contributed by atoms with Crippen molar-refractivity contribution in [2.45, 2.75) is 39.2 Å². The molecule has 166 valence electrons. The smallest absolute Gasteiger partial charge is 0.330 e. The number of benzene rings is 1. The van der Waals surface area contributed by atoms with Crippen molar-refractivity contribution < 1.29 is 28.7 Å². The summed E-state index contributed by atoms with van der Waals surface area (Å²) >= 11 is 0. The van der Waals surface area contributed by atoms with Gasteiger partial charge in [0.2, 0.25) is 11.8 Å². The van der Waals surface area contributed by atoms with Crippen molar-refractivity contribution in [1.82, 2.24) is 4.90 Å². The standard InChI is InChI=1S/C23H28N2O6/c1-12(2)20(25-21(27)18-13-4-5-14(10-13)19(18)22(25)28)23(29)31-11-17(26)24-15-6-8-16(30-3)9-7-15/h6-9,12-14,18-20H,4-5,10-11H2,1-3H3,(H,24,26)/t13-,14-,18+,19+,20-/m0/s1. The van der Waals surface area contributed by atoms with Gasteiger partial charge in [-0.25, -0.2) is 4.79 Å². The zero-order chi connectivity index (χ0) is 22.3.